The average Bonchev–Trinajstić information content (AvgIpc) is 3.14. The van der Waals surface area contributed by atoms with Gasteiger partial charge in [0.15, 0.2) is 11.5 Å². The zero-order valence-electron chi connectivity index (χ0n) is 13.5. The van der Waals surface area contributed by atoms with Crippen molar-refractivity contribution in [1.29, 1.82) is 0 Å². The minimum atomic E-state index is 0.550. The number of halogens is 2. The lowest BCUT2D eigenvalue weighted by Gasteiger charge is -2.17. The maximum atomic E-state index is 6.33. The van der Waals surface area contributed by atoms with Gasteiger partial charge in [-0.05, 0) is 48.9 Å². The van der Waals surface area contributed by atoms with Crippen LogP contribution >= 0.6 is 34.5 Å². The van der Waals surface area contributed by atoms with E-state index in [1.54, 1.807) is 34.3 Å². The summed E-state index contributed by atoms with van der Waals surface area (Å²) in [6.07, 6.45) is 5.17. The van der Waals surface area contributed by atoms with E-state index in [0.717, 1.165) is 40.2 Å². The highest BCUT2D eigenvalue weighted by molar-refractivity contribution is 7.19. The number of fused-ring (bicyclic) bond motifs is 5. The van der Waals surface area contributed by atoms with Crippen molar-refractivity contribution in [2.45, 2.75) is 26.2 Å². The van der Waals surface area contributed by atoms with Crippen LogP contribution in [0.3, 0.4) is 0 Å². The van der Waals surface area contributed by atoms with Crippen LogP contribution in [0, 0.1) is 5.92 Å². The molecule has 0 saturated carbocycles. The minimum absolute atomic E-state index is 0.550. The molecule has 0 saturated heterocycles. The third-order valence-electron chi connectivity index (χ3n) is 4.80. The molecule has 4 aromatic rings. The van der Waals surface area contributed by atoms with Crippen LogP contribution in [0.1, 0.15) is 23.8 Å². The zero-order chi connectivity index (χ0) is 17.1. The lowest BCUT2D eigenvalue weighted by atomic mass is 9.89. The number of nitrogens with zero attached hydrogens (tertiary/aromatic N) is 4. The molecule has 126 valence electrons. The Bertz CT molecular complexity index is 1130. The summed E-state index contributed by atoms with van der Waals surface area (Å²) < 4.78 is 1.76. The van der Waals surface area contributed by atoms with Crippen molar-refractivity contribution in [3.05, 3.63) is 45.0 Å². The second-order valence-electron chi connectivity index (χ2n) is 6.60. The lowest BCUT2D eigenvalue weighted by molar-refractivity contribution is 0.509. The number of benzene rings is 1. The Morgan fingerprint density at radius 1 is 1.28 bits per heavy atom. The van der Waals surface area contributed by atoms with E-state index < -0.39 is 0 Å². The molecule has 0 radical (unpaired) electrons. The number of rotatable bonds is 1. The van der Waals surface area contributed by atoms with Crippen molar-refractivity contribution in [3.8, 4) is 11.4 Å². The van der Waals surface area contributed by atoms with E-state index in [9.17, 15) is 0 Å². The van der Waals surface area contributed by atoms with Crippen molar-refractivity contribution in [2.24, 2.45) is 5.92 Å². The fraction of sp³-hybridized carbons (Fsp3) is 0.278. The predicted molar refractivity (Wildman–Crippen MR) is 103 cm³/mol. The molecule has 25 heavy (non-hydrogen) atoms. The van der Waals surface area contributed by atoms with Gasteiger partial charge in [-0.25, -0.2) is 14.5 Å². The second kappa shape index (κ2) is 5.66. The van der Waals surface area contributed by atoms with Crippen LogP contribution in [0.15, 0.2) is 24.5 Å². The summed E-state index contributed by atoms with van der Waals surface area (Å²) in [6, 6.07) is 5.37. The second-order valence-corrected chi connectivity index (χ2v) is 8.53. The average molecular weight is 389 g/mol. The fourth-order valence-electron chi connectivity index (χ4n) is 3.52. The van der Waals surface area contributed by atoms with Crippen LogP contribution in [0.5, 0.6) is 0 Å². The molecule has 5 rings (SSSR count). The number of hydrogen-bond acceptors (Lipinski definition) is 4. The molecular weight excluding hydrogens is 375 g/mol. The van der Waals surface area contributed by atoms with Gasteiger partial charge in [0.05, 0.1) is 10.4 Å². The van der Waals surface area contributed by atoms with Crippen LogP contribution in [-0.4, -0.2) is 19.6 Å². The Morgan fingerprint density at radius 3 is 3.00 bits per heavy atom. The quantitative estimate of drug-likeness (QED) is 0.436. The first-order chi connectivity index (χ1) is 12.1. The molecule has 7 heteroatoms. The van der Waals surface area contributed by atoms with Gasteiger partial charge in [-0.15, -0.1) is 16.4 Å². The van der Waals surface area contributed by atoms with Gasteiger partial charge in [0.1, 0.15) is 11.2 Å². The molecule has 3 heterocycles. The summed E-state index contributed by atoms with van der Waals surface area (Å²) in [4.78, 5) is 11.9. The molecule has 0 fully saturated rings. The van der Waals surface area contributed by atoms with Crippen molar-refractivity contribution in [1.82, 2.24) is 19.6 Å². The van der Waals surface area contributed by atoms with E-state index in [0.29, 0.717) is 15.9 Å². The molecular formula is C18H14Cl2N4S. The lowest BCUT2D eigenvalue weighted by Crippen LogP contribution is -2.08. The first-order valence-corrected chi connectivity index (χ1v) is 9.78. The van der Waals surface area contributed by atoms with Gasteiger partial charge >= 0.3 is 0 Å². The monoisotopic (exact) mass is 388 g/mol. The molecule has 0 bridgehead atoms. The Kier molecular flexibility index (Phi) is 3.52. The largest absolute Gasteiger partial charge is 0.225 e. The zero-order valence-corrected chi connectivity index (χ0v) is 15.8. The van der Waals surface area contributed by atoms with Crippen LogP contribution in [0.4, 0.5) is 0 Å². The van der Waals surface area contributed by atoms with Gasteiger partial charge in [-0.3, -0.25) is 0 Å². The molecule has 3 aromatic heterocycles. The summed E-state index contributed by atoms with van der Waals surface area (Å²) in [5.41, 5.74) is 3.04. The van der Waals surface area contributed by atoms with Crippen molar-refractivity contribution in [3.63, 3.8) is 0 Å². The van der Waals surface area contributed by atoms with E-state index >= 15 is 0 Å². The van der Waals surface area contributed by atoms with E-state index in [1.165, 1.54) is 16.9 Å². The molecule has 0 aliphatic heterocycles. The van der Waals surface area contributed by atoms with Gasteiger partial charge in [0.25, 0.3) is 0 Å². The molecule has 0 amide bonds. The Balaban J connectivity index is 1.75. The molecule has 1 aliphatic carbocycles. The Morgan fingerprint density at radius 2 is 2.16 bits per heavy atom. The maximum absolute atomic E-state index is 6.33. The van der Waals surface area contributed by atoms with E-state index in [2.05, 4.69) is 17.0 Å². The highest BCUT2D eigenvalue weighted by Gasteiger charge is 2.24. The Hall–Kier alpha value is -1.69. The summed E-state index contributed by atoms with van der Waals surface area (Å²) in [5, 5.41) is 6.89. The minimum Gasteiger partial charge on any atom is -0.225 e. The first kappa shape index (κ1) is 15.6. The molecule has 0 unspecified atom stereocenters. The van der Waals surface area contributed by atoms with Crippen molar-refractivity contribution in [2.75, 3.05) is 0 Å². The molecule has 0 N–H and O–H groups in total. The normalized spacial score (nSPS) is 17.3. The number of aryl methyl sites for hydroxylation is 1. The van der Waals surface area contributed by atoms with Gasteiger partial charge < -0.3 is 0 Å². The van der Waals surface area contributed by atoms with Gasteiger partial charge in [-0.1, -0.05) is 30.1 Å². The highest BCUT2D eigenvalue weighted by atomic mass is 35.5. The van der Waals surface area contributed by atoms with Gasteiger partial charge in [0, 0.05) is 15.5 Å². The number of aromatic nitrogens is 4. The molecule has 0 spiro atoms. The number of hydrogen-bond donors (Lipinski definition) is 0. The van der Waals surface area contributed by atoms with Crippen LogP contribution in [0.2, 0.25) is 10.0 Å². The summed E-state index contributed by atoms with van der Waals surface area (Å²) in [7, 11) is 0. The van der Waals surface area contributed by atoms with E-state index in [-0.39, 0.29) is 0 Å². The van der Waals surface area contributed by atoms with Gasteiger partial charge in [-0.2, -0.15) is 0 Å². The summed E-state index contributed by atoms with van der Waals surface area (Å²) in [6.45, 7) is 2.31. The number of thiophene rings is 1. The summed E-state index contributed by atoms with van der Waals surface area (Å²) >= 11 is 14.1. The Labute approximate surface area is 158 Å². The van der Waals surface area contributed by atoms with Crippen LogP contribution in [0.25, 0.3) is 27.3 Å². The molecule has 4 nitrogen and oxygen atoms in total. The first-order valence-electron chi connectivity index (χ1n) is 8.21. The van der Waals surface area contributed by atoms with Crippen molar-refractivity contribution < 1.29 is 0 Å². The SMILES string of the molecule is C[C@@H]1CCc2c(sc3ncn4nc(-c5ccc(Cl)cc5Cl)nc4c23)C1. The van der Waals surface area contributed by atoms with Crippen LogP contribution < -0.4 is 0 Å². The predicted octanol–water partition coefficient (Wildman–Crippen LogP) is 5.44. The van der Waals surface area contributed by atoms with Crippen molar-refractivity contribution >= 4 is 50.4 Å². The molecule has 1 atom stereocenters. The highest BCUT2D eigenvalue weighted by Crippen LogP contribution is 2.39. The third kappa shape index (κ3) is 2.45. The standard InChI is InChI=1S/C18H14Cl2N4S/c1-9-2-4-12-14(6-9)25-18-15(12)17-22-16(23-24(17)8-21-18)11-5-3-10(19)7-13(11)20/h3,5,7-9H,2,4,6H2,1H3/t9-/m1/s1. The molecule has 1 aliphatic rings. The van der Waals surface area contributed by atoms with E-state index in [1.807, 2.05) is 6.07 Å². The van der Waals surface area contributed by atoms with Gasteiger partial charge in [0.2, 0.25) is 0 Å². The van der Waals surface area contributed by atoms with Crippen LogP contribution in [-0.2, 0) is 12.8 Å². The third-order valence-corrected chi connectivity index (χ3v) is 6.51. The topological polar surface area (TPSA) is 43.1 Å². The van der Waals surface area contributed by atoms with E-state index in [4.69, 9.17) is 28.2 Å². The smallest absolute Gasteiger partial charge is 0.183 e. The maximum Gasteiger partial charge on any atom is 0.183 e. The summed E-state index contributed by atoms with van der Waals surface area (Å²) in [5.74, 6) is 1.33. The molecule has 1 aromatic carbocycles. The fourth-order valence-corrected chi connectivity index (χ4v) is 5.36.